The lowest BCUT2D eigenvalue weighted by Crippen LogP contribution is -2.59. The van der Waals surface area contributed by atoms with Gasteiger partial charge in [-0.1, -0.05) is 41.0 Å². The van der Waals surface area contributed by atoms with Crippen molar-refractivity contribution in [2.24, 2.45) is 0 Å². The van der Waals surface area contributed by atoms with E-state index in [1.54, 1.807) is 6.07 Å². The molecule has 12 heteroatoms. The van der Waals surface area contributed by atoms with Gasteiger partial charge in [-0.3, -0.25) is 4.79 Å². The minimum absolute atomic E-state index is 0.00287. The molecule has 1 atom stereocenters. The number of nitrogens with one attached hydrogen (secondary N) is 1. The van der Waals surface area contributed by atoms with Gasteiger partial charge >= 0.3 is 6.03 Å². The first-order valence-electron chi connectivity index (χ1n) is 12.8. The number of rotatable bonds is 5. The van der Waals surface area contributed by atoms with Gasteiger partial charge in [-0.2, -0.15) is 0 Å². The molecule has 1 unspecified atom stereocenters. The SMILES string of the molecule is CC1CN(c2cc(Cl)nc(SCC(=O)N3CCN(c4cccc(Cl)c4)CC3)n2)CCN1C(=O)NC(C)(C)C. The van der Waals surface area contributed by atoms with Gasteiger partial charge in [0.2, 0.25) is 5.91 Å². The zero-order chi connectivity index (χ0) is 27.4. The number of amides is 3. The van der Waals surface area contributed by atoms with Gasteiger partial charge in [0, 0.05) is 74.2 Å². The van der Waals surface area contributed by atoms with E-state index in [0.29, 0.717) is 53.9 Å². The summed E-state index contributed by atoms with van der Waals surface area (Å²) in [4.78, 5) is 42.7. The van der Waals surface area contributed by atoms with Crippen LogP contribution in [0.1, 0.15) is 27.7 Å². The van der Waals surface area contributed by atoms with Crippen molar-refractivity contribution in [3.8, 4) is 0 Å². The summed E-state index contributed by atoms with van der Waals surface area (Å²) < 4.78 is 0. The van der Waals surface area contributed by atoms with Gasteiger partial charge in [0.05, 0.1) is 5.75 Å². The van der Waals surface area contributed by atoms with E-state index in [0.717, 1.165) is 18.8 Å². The second kappa shape index (κ2) is 12.2. The van der Waals surface area contributed by atoms with Crippen LogP contribution >= 0.6 is 35.0 Å². The minimum Gasteiger partial charge on any atom is -0.368 e. The number of carbonyl (C=O) groups excluding carboxylic acids is 2. The summed E-state index contributed by atoms with van der Waals surface area (Å²) in [5.74, 6) is 1.00. The fourth-order valence-corrected chi connectivity index (χ4v) is 5.74. The summed E-state index contributed by atoms with van der Waals surface area (Å²) in [6, 6.07) is 9.46. The lowest BCUT2D eigenvalue weighted by atomic mass is 10.1. The lowest BCUT2D eigenvalue weighted by Gasteiger charge is -2.41. The van der Waals surface area contributed by atoms with Crippen LogP contribution in [0.25, 0.3) is 0 Å². The number of carbonyl (C=O) groups is 2. The number of anilines is 2. The van der Waals surface area contributed by atoms with Crippen LogP contribution in [0, 0.1) is 0 Å². The third-order valence-electron chi connectivity index (χ3n) is 6.49. The minimum atomic E-state index is -0.290. The number of halogens is 2. The van der Waals surface area contributed by atoms with Crippen molar-refractivity contribution >= 4 is 58.4 Å². The van der Waals surface area contributed by atoms with Crippen LogP contribution in [0.4, 0.5) is 16.3 Å². The number of thioether (sulfide) groups is 1. The van der Waals surface area contributed by atoms with Gasteiger partial charge in [0.1, 0.15) is 11.0 Å². The Kier molecular flexibility index (Phi) is 9.15. The average molecular weight is 581 g/mol. The Bertz CT molecular complexity index is 1150. The van der Waals surface area contributed by atoms with Crippen molar-refractivity contribution < 1.29 is 9.59 Å². The van der Waals surface area contributed by atoms with Crippen molar-refractivity contribution in [1.29, 1.82) is 0 Å². The van der Waals surface area contributed by atoms with E-state index < -0.39 is 0 Å². The molecule has 38 heavy (non-hydrogen) atoms. The smallest absolute Gasteiger partial charge is 0.318 e. The maximum atomic E-state index is 12.9. The summed E-state index contributed by atoms with van der Waals surface area (Å²) in [6.07, 6.45) is 0. The van der Waals surface area contributed by atoms with Gasteiger partial charge in [0.15, 0.2) is 5.16 Å². The predicted octanol–water partition coefficient (Wildman–Crippen LogP) is 4.24. The van der Waals surface area contributed by atoms with Crippen LogP contribution in [0.2, 0.25) is 10.2 Å². The van der Waals surface area contributed by atoms with E-state index in [1.165, 1.54) is 11.8 Å². The number of benzene rings is 1. The highest BCUT2D eigenvalue weighted by molar-refractivity contribution is 7.99. The van der Waals surface area contributed by atoms with E-state index in [1.807, 2.05) is 61.8 Å². The molecule has 2 aliphatic heterocycles. The molecule has 3 amide bonds. The fraction of sp³-hybridized carbons (Fsp3) is 0.538. The van der Waals surface area contributed by atoms with Gasteiger partial charge < -0.3 is 24.9 Å². The molecular formula is C26H35Cl2N7O2S. The van der Waals surface area contributed by atoms with Crippen molar-refractivity contribution in [2.75, 3.05) is 61.4 Å². The molecule has 3 heterocycles. The molecule has 0 saturated carbocycles. The number of hydrogen-bond donors (Lipinski definition) is 1. The third-order valence-corrected chi connectivity index (χ3v) is 7.75. The summed E-state index contributed by atoms with van der Waals surface area (Å²) in [6.45, 7) is 12.6. The fourth-order valence-electron chi connectivity index (χ4n) is 4.58. The second-order valence-electron chi connectivity index (χ2n) is 10.6. The molecule has 1 aromatic carbocycles. The maximum absolute atomic E-state index is 12.9. The standard InChI is InChI=1S/C26H35Cl2N7O2S/c1-18-16-34(12-13-35(18)25(37)31-26(2,3)4)22-15-21(28)29-24(30-22)38-17-23(36)33-10-8-32(9-11-33)20-7-5-6-19(27)14-20/h5-7,14-15,18H,8-13,16-17H2,1-4H3,(H,31,37). The molecule has 1 N–H and O–H groups in total. The Morgan fingerprint density at radius 3 is 2.39 bits per heavy atom. The monoisotopic (exact) mass is 579 g/mol. The first-order chi connectivity index (χ1) is 18.0. The molecule has 0 aliphatic carbocycles. The Hall–Kier alpha value is -2.43. The molecule has 1 aromatic heterocycles. The molecule has 9 nitrogen and oxygen atoms in total. The quantitative estimate of drug-likeness (QED) is 0.322. The van der Waals surface area contributed by atoms with Gasteiger partial charge in [-0.05, 0) is 45.9 Å². The molecule has 2 saturated heterocycles. The zero-order valence-electron chi connectivity index (χ0n) is 22.3. The molecular weight excluding hydrogens is 545 g/mol. The van der Waals surface area contributed by atoms with Crippen LogP contribution in [0.15, 0.2) is 35.5 Å². The molecule has 2 aromatic rings. The molecule has 4 rings (SSSR count). The van der Waals surface area contributed by atoms with Crippen LogP contribution < -0.4 is 15.1 Å². The van der Waals surface area contributed by atoms with Gasteiger partial charge in [-0.15, -0.1) is 0 Å². The topological polar surface area (TPSA) is 84.9 Å². The Morgan fingerprint density at radius 1 is 1.03 bits per heavy atom. The molecule has 206 valence electrons. The second-order valence-corrected chi connectivity index (χ2v) is 12.4. The van der Waals surface area contributed by atoms with E-state index in [-0.39, 0.29) is 29.3 Å². The van der Waals surface area contributed by atoms with E-state index in [9.17, 15) is 9.59 Å². The van der Waals surface area contributed by atoms with Crippen LogP contribution in [0.5, 0.6) is 0 Å². The molecule has 0 radical (unpaired) electrons. The highest BCUT2D eigenvalue weighted by Crippen LogP contribution is 2.25. The maximum Gasteiger partial charge on any atom is 0.318 e. The van der Waals surface area contributed by atoms with Crippen LogP contribution in [-0.2, 0) is 4.79 Å². The first-order valence-corrected chi connectivity index (χ1v) is 14.5. The number of piperazine rings is 2. The summed E-state index contributed by atoms with van der Waals surface area (Å²) in [7, 11) is 0. The molecule has 2 fully saturated rings. The third kappa shape index (κ3) is 7.57. The van der Waals surface area contributed by atoms with Crippen molar-refractivity contribution in [3.05, 3.63) is 40.5 Å². The summed E-state index contributed by atoms with van der Waals surface area (Å²) >= 11 is 13.8. The molecule has 0 bridgehead atoms. The van der Waals surface area contributed by atoms with Crippen molar-refractivity contribution in [2.45, 2.75) is 44.4 Å². The number of hydrogen-bond acceptors (Lipinski definition) is 7. The Labute approximate surface area is 238 Å². The number of aromatic nitrogens is 2. The molecule has 2 aliphatic rings. The van der Waals surface area contributed by atoms with E-state index >= 15 is 0 Å². The van der Waals surface area contributed by atoms with E-state index in [2.05, 4.69) is 25.1 Å². The largest absolute Gasteiger partial charge is 0.368 e. The average Bonchev–Trinajstić information content (AvgIpc) is 2.86. The highest BCUT2D eigenvalue weighted by Gasteiger charge is 2.30. The number of nitrogens with zero attached hydrogens (tertiary/aromatic N) is 6. The van der Waals surface area contributed by atoms with Crippen LogP contribution in [-0.4, -0.2) is 94.9 Å². The molecule has 0 spiro atoms. The lowest BCUT2D eigenvalue weighted by molar-refractivity contribution is -0.128. The van der Waals surface area contributed by atoms with Crippen molar-refractivity contribution in [1.82, 2.24) is 25.1 Å². The first kappa shape index (κ1) is 28.6. The normalized spacial score (nSPS) is 18.5. The number of urea groups is 1. The Balaban J connectivity index is 1.30. The summed E-state index contributed by atoms with van der Waals surface area (Å²) in [5.41, 5.74) is 0.783. The van der Waals surface area contributed by atoms with Gasteiger partial charge in [-0.25, -0.2) is 14.8 Å². The Morgan fingerprint density at radius 2 is 1.74 bits per heavy atom. The van der Waals surface area contributed by atoms with Crippen molar-refractivity contribution in [3.63, 3.8) is 0 Å². The summed E-state index contributed by atoms with van der Waals surface area (Å²) in [5, 5.41) is 4.55. The zero-order valence-corrected chi connectivity index (χ0v) is 24.6. The highest BCUT2D eigenvalue weighted by atomic mass is 35.5. The van der Waals surface area contributed by atoms with Gasteiger partial charge in [0.25, 0.3) is 0 Å². The predicted molar refractivity (Wildman–Crippen MR) is 155 cm³/mol. The van der Waals surface area contributed by atoms with Crippen LogP contribution in [0.3, 0.4) is 0 Å². The van der Waals surface area contributed by atoms with E-state index in [4.69, 9.17) is 23.2 Å².